The van der Waals surface area contributed by atoms with E-state index < -0.39 is 10.0 Å². The zero-order chi connectivity index (χ0) is 15.6. The minimum Gasteiger partial charge on any atom is -0.324 e. The number of sulfonamides is 1. The van der Waals surface area contributed by atoms with E-state index in [0.717, 1.165) is 6.42 Å². The maximum Gasteiger partial charge on any atom is 0.282 e. The number of nitrogens with zero attached hydrogens (tertiary/aromatic N) is 2. The fourth-order valence-corrected chi connectivity index (χ4v) is 3.38. The third-order valence-electron chi connectivity index (χ3n) is 3.43. The number of aryl methyl sites for hydroxylation is 1. The van der Waals surface area contributed by atoms with Crippen LogP contribution in [-0.2, 0) is 17.1 Å². The van der Waals surface area contributed by atoms with Crippen LogP contribution in [0.15, 0.2) is 35.6 Å². The third kappa shape index (κ3) is 3.39. The van der Waals surface area contributed by atoms with Crippen LogP contribution in [0.1, 0.15) is 31.7 Å². The van der Waals surface area contributed by atoms with Gasteiger partial charge in [0.1, 0.15) is 5.15 Å². The Labute approximate surface area is 130 Å². The molecular weight excluding hydrogens is 310 g/mol. The van der Waals surface area contributed by atoms with E-state index in [1.807, 2.05) is 12.1 Å². The summed E-state index contributed by atoms with van der Waals surface area (Å²) in [5.41, 5.74) is 1.67. The summed E-state index contributed by atoms with van der Waals surface area (Å²) < 4.78 is 28.4. The molecule has 1 atom stereocenters. The van der Waals surface area contributed by atoms with Crippen LogP contribution in [0.5, 0.6) is 0 Å². The highest BCUT2D eigenvalue weighted by Crippen LogP contribution is 2.24. The smallest absolute Gasteiger partial charge is 0.282 e. The first-order valence-electron chi connectivity index (χ1n) is 6.64. The normalized spacial score (nSPS) is 13.1. The van der Waals surface area contributed by atoms with Crippen molar-refractivity contribution in [3.05, 3.63) is 41.3 Å². The molecular formula is C14H18ClN3O2S. The van der Waals surface area contributed by atoms with Gasteiger partial charge in [-0.2, -0.15) is 8.42 Å². The van der Waals surface area contributed by atoms with Crippen molar-refractivity contribution in [1.82, 2.24) is 9.55 Å². The van der Waals surface area contributed by atoms with Gasteiger partial charge in [-0.25, -0.2) is 4.98 Å². The molecule has 21 heavy (non-hydrogen) atoms. The van der Waals surface area contributed by atoms with Crippen LogP contribution in [-0.4, -0.2) is 18.0 Å². The highest BCUT2D eigenvalue weighted by Gasteiger charge is 2.22. The Morgan fingerprint density at radius 3 is 2.43 bits per heavy atom. The lowest BCUT2D eigenvalue weighted by molar-refractivity contribution is 0.598. The average Bonchev–Trinajstić information content (AvgIpc) is 2.79. The third-order valence-corrected chi connectivity index (χ3v) is 5.30. The Morgan fingerprint density at radius 1 is 1.33 bits per heavy atom. The fourth-order valence-electron chi connectivity index (χ4n) is 1.89. The SMILES string of the molecule is CCC(C)c1ccc(NS(=O)(=O)c2ncn(C)c2Cl)cc1. The van der Waals surface area contributed by atoms with Crippen LogP contribution in [0.25, 0.3) is 0 Å². The Morgan fingerprint density at radius 2 is 1.95 bits per heavy atom. The first-order chi connectivity index (χ1) is 9.85. The van der Waals surface area contributed by atoms with Crippen LogP contribution < -0.4 is 4.72 Å². The Hall–Kier alpha value is -1.53. The lowest BCUT2D eigenvalue weighted by Crippen LogP contribution is -2.14. The van der Waals surface area contributed by atoms with Crippen molar-refractivity contribution in [2.24, 2.45) is 7.05 Å². The second kappa shape index (κ2) is 6.07. The summed E-state index contributed by atoms with van der Waals surface area (Å²) in [4.78, 5) is 3.82. The van der Waals surface area contributed by atoms with Crippen LogP contribution in [0.4, 0.5) is 5.69 Å². The van der Waals surface area contributed by atoms with Crippen LogP contribution >= 0.6 is 11.6 Å². The molecule has 0 saturated carbocycles. The molecule has 5 nitrogen and oxygen atoms in total. The molecule has 1 aromatic heterocycles. The molecule has 0 fully saturated rings. The molecule has 0 saturated heterocycles. The molecule has 1 aromatic carbocycles. The van der Waals surface area contributed by atoms with Crippen molar-refractivity contribution in [2.75, 3.05) is 4.72 Å². The van der Waals surface area contributed by atoms with Crippen molar-refractivity contribution in [2.45, 2.75) is 31.2 Å². The Kier molecular flexibility index (Phi) is 4.58. The molecule has 1 heterocycles. The Balaban J connectivity index is 2.23. The van der Waals surface area contributed by atoms with Gasteiger partial charge in [-0.05, 0) is 30.0 Å². The standard InChI is InChI=1S/C14H18ClN3O2S/c1-4-10(2)11-5-7-12(8-6-11)17-21(19,20)14-13(15)18(3)9-16-14/h5-10,17H,4H2,1-3H3. The van der Waals surface area contributed by atoms with Gasteiger partial charge in [-0.15, -0.1) is 0 Å². The molecule has 1 N–H and O–H groups in total. The highest BCUT2D eigenvalue weighted by atomic mass is 35.5. The van der Waals surface area contributed by atoms with Crippen molar-refractivity contribution in [1.29, 1.82) is 0 Å². The highest BCUT2D eigenvalue weighted by molar-refractivity contribution is 7.92. The number of aromatic nitrogens is 2. The second-order valence-corrected chi connectivity index (χ2v) is 6.94. The zero-order valence-corrected chi connectivity index (χ0v) is 13.7. The molecule has 0 bridgehead atoms. The van der Waals surface area contributed by atoms with Crippen molar-refractivity contribution < 1.29 is 8.42 Å². The average molecular weight is 328 g/mol. The Bertz CT molecular complexity index is 723. The number of benzene rings is 1. The largest absolute Gasteiger partial charge is 0.324 e. The van der Waals surface area contributed by atoms with Gasteiger partial charge in [0.2, 0.25) is 5.03 Å². The van der Waals surface area contributed by atoms with Gasteiger partial charge in [-0.1, -0.05) is 37.6 Å². The second-order valence-electron chi connectivity index (χ2n) is 4.99. The number of anilines is 1. The molecule has 0 radical (unpaired) electrons. The molecule has 2 aromatic rings. The molecule has 7 heteroatoms. The van der Waals surface area contributed by atoms with Crippen molar-refractivity contribution >= 4 is 27.3 Å². The molecule has 0 aliphatic heterocycles. The summed E-state index contributed by atoms with van der Waals surface area (Å²) in [6.07, 6.45) is 2.40. The van der Waals surface area contributed by atoms with E-state index in [0.29, 0.717) is 11.6 Å². The summed E-state index contributed by atoms with van der Waals surface area (Å²) in [6, 6.07) is 7.34. The van der Waals surface area contributed by atoms with E-state index in [-0.39, 0.29) is 10.2 Å². The van der Waals surface area contributed by atoms with Gasteiger partial charge in [-0.3, -0.25) is 4.72 Å². The summed E-state index contributed by atoms with van der Waals surface area (Å²) >= 11 is 5.93. The predicted octanol–water partition coefficient (Wildman–Crippen LogP) is 3.39. The van der Waals surface area contributed by atoms with Gasteiger partial charge in [0.25, 0.3) is 10.0 Å². The van der Waals surface area contributed by atoms with E-state index in [9.17, 15) is 8.42 Å². The van der Waals surface area contributed by atoms with Gasteiger partial charge in [0.15, 0.2) is 0 Å². The zero-order valence-electron chi connectivity index (χ0n) is 12.2. The van der Waals surface area contributed by atoms with Gasteiger partial charge in [0, 0.05) is 12.7 Å². The molecule has 114 valence electrons. The quantitative estimate of drug-likeness (QED) is 0.915. The topological polar surface area (TPSA) is 64.0 Å². The molecule has 0 spiro atoms. The number of imidazole rings is 1. The van der Waals surface area contributed by atoms with Crippen LogP contribution in [0.3, 0.4) is 0 Å². The maximum atomic E-state index is 12.2. The van der Waals surface area contributed by atoms with E-state index in [4.69, 9.17) is 11.6 Å². The van der Waals surface area contributed by atoms with Gasteiger partial charge >= 0.3 is 0 Å². The molecule has 0 amide bonds. The monoisotopic (exact) mass is 327 g/mol. The first-order valence-corrected chi connectivity index (χ1v) is 8.51. The summed E-state index contributed by atoms with van der Waals surface area (Å²) in [6.45, 7) is 4.25. The maximum absolute atomic E-state index is 12.2. The number of nitrogens with one attached hydrogen (secondary N) is 1. The van der Waals surface area contributed by atoms with E-state index >= 15 is 0 Å². The van der Waals surface area contributed by atoms with Gasteiger partial charge < -0.3 is 4.57 Å². The van der Waals surface area contributed by atoms with E-state index in [1.54, 1.807) is 19.2 Å². The number of halogens is 1. The summed E-state index contributed by atoms with van der Waals surface area (Å²) in [5.74, 6) is 0.445. The van der Waals surface area contributed by atoms with Crippen LogP contribution in [0, 0.1) is 0 Å². The number of rotatable bonds is 5. The number of hydrogen-bond donors (Lipinski definition) is 1. The molecule has 0 aliphatic carbocycles. The predicted molar refractivity (Wildman–Crippen MR) is 84.2 cm³/mol. The van der Waals surface area contributed by atoms with Crippen molar-refractivity contribution in [3.8, 4) is 0 Å². The summed E-state index contributed by atoms with van der Waals surface area (Å²) in [7, 11) is -2.14. The van der Waals surface area contributed by atoms with Crippen LogP contribution in [0.2, 0.25) is 5.15 Å². The van der Waals surface area contributed by atoms with E-state index in [1.165, 1.54) is 16.5 Å². The molecule has 2 rings (SSSR count). The lowest BCUT2D eigenvalue weighted by Gasteiger charge is -2.11. The number of hydrogen-bond acceptors (Lipinski definition) is 3. The minimum absolute atomic E-state index is 0.0822. The minimum atomic E-state index is -3.78. The fraction of sp³-hybridized carbons (Fsp3) is 0.357. The van der Waals surface area contributed by atoms with Crippen molar-refractivity contribution in [3.63, 3.8) is 0 Å². The van der Waals surface area contributed by atoms with E-state index in [2.05, 4.69) is 23.6 Å². The van der Waals surface area contributed by atoms with Gasteiger partial charge in [0.05, 0.1) is 6.33 Å². The first kappa shape index (κ1) is 15.9. The molecule has 1 unspecified atom stereocenters. The summed E-state index contributed by atoms with van der Waals surface area (Å²) in [5, 5.41) is -0.0867. The lowest BCUT2D eigenvalue weighted by atomic mass is 9.99. The molecule has 0 aliphatic rings.